The number of aldehydes is 1. The molecule has 1 saturated heterocycles. The molecule has 2 aliphatic carbocycles. The molecule has 0 bridgehead atoms. The first kappa shape index (κ1) is 19.1. The molecular formula is C23H33NO3. The largest absolute Gasteiger partial charge is 0.375 e. The molecule has 2 saturated carbocycles. The number of benzene rings is 1. The molecule has 1 aromatic rings. The van der Waals surface area contributed by atoms with Crippen LogP contribution < -0.4 is 0 Å². The maximum absolute atomic E-state index is 10.9. The predicted molar refractivity (Wildman–Crippen MR) is 106 cm³/mol. The van der Waals surface area contributed by atoms with Crippen LogP contribution in [0.4, 0.5) is 0 Å². The van der Waals surface area contributed by atoms with E-state index < -0.39 is 0 Å². The van der Waals surface area contributed by atoms with E-state index in [1.54, 1.807) is 0 Å². The summed E-state index contributed by atoms with van der Waals surface area (Å²) in [5, 5.41) is 0. The molecule has 3 fully saturated rings. The molecule has 0 aromatic heterocycles. The minimum Gasteiger partial charge on any atom is -0.375 e. The van der Waals surface area contributed by atoms with Crippen molar-refractivity contribution in [3.05, 3.63) is 35.9 Å². The molecule has 0 N–H and O–H groups in total. The van der Waals surface area contributed by atoms with Gasteiger partial charge < -0.3 is 14.3 Å². The van der Waals surface area contributed by atoms with Crippen LogP contribution in [-0.4, -0.2) is 48.7 Å². The van der Waals surface area contributed by atoms with Crippen LogP contribution in [0.5, 0.6) is 0 Å². The number of rotatable bonds is 6. The van der Waals surface area contributed by atoms with E-state index in [1.165, 1.54) is 31.2 Å². The van der Waals surface area contributed by atoms with Gasteiger partial charge in [-0.1, -0.05) is 43.2 Å². The number of carbonyl (C=O) groups excluding carboxylic acids is 1. The number of morpholine rings is 1. The zero-order chi connectivity index (χ0) is 18.5. The lowest BCUT2D eigenvalue weighted by Gasteiger charge is -2.47. The van der Waals surface area contributed by atoms with Gasteiger partial charge in [0, 0.05) is 25.0 Å². The van der Waals surface area contributed by atoms with Crippen molar-refractivity contribution in [2.24, 2.45) is 5.92 Å². The van der Waals surface area contributed by atoms with E-state index in [0.29, 0.717) is 24.9 Å². The lowest BCUT2D eigenvalue weighted by atomic mass is 9.88. The Morgan fingerprint density at radius 2 is 1.81 bits per heavy atom. The van der Waals surface area contributed by atoms with Gasteiger partial charge >= 0.3 is 0 Å². The van der Waals surface area contributed by atoms with Crippen LogP contribution in [0.1, 0.15) is 56.9 Å². The van der Waals surface area contributed by atoms with Crippen molar-refractivity contribution in [1.82, 2.24) is 4.90 Å². The molecule has 4 heteroatoms. The molecule has 4 rings (SSSR count). The van der Waals surface area contributed by atoms with Crippen LogP contribution in [0.3, 0.4) is 0 Å². The molecule has 1 heterocycles. The van der Waals surface area contributed by atoms with Crippen LogP contribution in [0.2, 0.25) is 0 Å². The summed E-state index contributed by atoms with van der Waals surface area (Å²) in [5.41, 5.74) is 1.38. The Bertz CT molecular complexity index is 585. The number of fused-ring (bicyclic) bond motifs is 1. The Morgan fingerprint density at radius 3 is 2.59 bits per heavy atom. The standard InChI is InChI=1S/C23H33NO3/c25-16-19-10-12-20(13-11-19)26-17-21-15-24(14-18-6-2-1-3-7-18)22-8-4-5-9-23(22)27-21/h1-3,6-7,16,19-23H,4-5,8-15,17H2. The lowest BCUT2D eigenvalue weighted by molar-refractivity contribution is -0.163. The van der Waals surface area contributed by atoms with E-state index in [9.17, 15) is 4.79 Å². The second kappa shape index (κ2) is 9.31. The normalized spacial score (nSPS) is 34.7. The van der Waals surface area contributed by atoms with Crippen molar-refractivity contribution < 1.29 is 14.3 Å². The molecule has 4 nitrogen and oxygen atoms in total. The van der Waals surface area contributed by atoms with Gasteiger partial charge in [-0.3, -0.25) is 4.90 Å². The molecule has 27 heavy (non-hydrogen) atoms. The highest BCUT2D eigenvalue weighted by atomic mass is 16.5. The summed E-state index contributed by atoms with van der Waals surface area (Å²) in [7, 11) is 0. The van der Waals surface area contributed by atoms with Crippen LogP contribution >= 0.6 is 0 Å². The van der Waals surface area contributed by atoms with Crippen LogP contribution in [-0.2, 0) is 20.8 Å². The SMILES string of the molecule is O=CC1CCC(OCC2CN(Cc3ccccc3)C3CCCCC3O2)CC1. The minimum atomic E-state index is 0.164. The number of nitrogens with zero attached hydrogens (tertiary/aromatic N) is 1. The van der Waals surface area contributed by atoms with Gasteiger partial charge in [-0.25, -0.2) is 0 Å². The third-order valence-electron chi connectivity index (χ3n) is 6.60. The fraction of sp³-hybridized carbons (Fsp3) is 0.696. The number of hydrogen-bond donors (Lipinski definition) is 0. The van der Waals surface area contributed by atoms with Crippen LogP contribution in [0, 0.1) is 5.92 Å². The second-order valence-corrected chi connectivity index (χ2v) is 8.57. The third-order valence-corrected chi connectivity index (χ3v) is 6.60. The first-order valence-electron chi connectivity index (χ1n) is 10.8. The molecule has 3 atom stereocenters. The highest BCUT2D eigenvalue weighted by molar-refractivity contribution is 5.53. The maximum Gasteiger partial charge on any atom is 0.123 e. The van der Waals surface area contributed by atoms with E-state index in [4.69, 9.17) is 9.47 Å². The van der Waals surface area contributed by atoms with E-state index in [1.807, 2.05) is 0 Å². The molecule has 0 amide bonds. The Hall–Kier alpha value is -1.23. The maximum atomic E-state index is 10.9. The fourth-order valence-electron chi connectivity index (χ4n) is 5.07. The second-order valence-electron chi connectivity index (χ2n) is 8.57. The van der Waals surface area contributed by atoms with Gasteiger partial charge in [0.2, 0.25) is 0 Å². The summed E-state index contributed by atoms with van der Waals surface area (Å²) in [6.07, 6.45) is 10.9. The third kappa shape index (κ3) is 4.98. The number of carbonyl (C=O) groups is 1. The lowest BCUT2D eigenvalue weighted by Crippen LogP contribution is -2.56. The van der Waals surface area contributed by atoms with E-state index in [-0.39, 0.29) is 12.0 Å². The van der Waals surface area contributed by atoms with E-state index in [0.717, 1.165) is 45.1 Å². The van der Waals surface area contributed by atoms with Crippen molar-refractivity contribution in [2.75, 3.05) is 13.2 Å². The molecular weight excluding hydrogens is 338 g/mol. The van der Waals surface area contributed by atoms with Crippen molar-refractivity contribution in [1.29, 1.82) is 0 Å². The van der Waals surface area contributed by atoms with Gasteiger partial charge in [0.05, 0.1) is 24.9 Å². The van der Waals surface area contributed by atoms with Crippen molar-refractivity contribution in [3.63, 3.8) is 0 Å². The Balaban J connectivity index is 1.33. The molecule has 3 aliphatic rings. The highest BCUT2D eigenvalue weighted by Gasteiger charge is 2.38. The molecule has 148 valence electrons. The fourth-order valence-corrected chi connectivity index (χ4v) is 5.07. The molecule has 1 aliphatic heterocycles. The summed E-state index contributed by atoms with van der Waals surface area (Å²) in [6.45, 7) is 2.65. The first-order chi connectivity index (χ1) is 13.3. The quantitative estimate of drug-likeness (QED) is 0.709. The summed E-state index contributed by atoms with van der Waals surface area (Å²) in [4.78, 5) is 13.6. The predicted octanol–water partition coefficient (Wildman–Crippen LogP) is 3.97. The Morgan fingerprint density at radius 1 is 1.04 bits per heavy atom. The summed E-state index contributed by atoms with van der Waals surface area (Å²) in [6, 6.07) is 11.4. The van der Waals surface area contributed by atoms with Crippen molar-refractivity contribution in [2.45, 2.75) is 82.3 Å². The highest BCUT2D eigenvalue weighted by Crippen LogP contribution is 2.32. The van der Waals surface area contributed by atoms with Gasteiger partial charge in [0.1, 0.15) is 6.29 Å². The first-order valence-corrected chi connectivity index (χ1v) is 10.8. The van der Waals surface area contributed by atoms with E-state index >= 15 is 0 Å². The molecule has 0 radical (unpaired) electrons. The zero-order valence-corrected chi connectivity index (χ0v) is 16.3. The Kier molecular flexibility index (Phi) is 6.59. The average Bonchev–Trinajstić information content (AvgIpc) is 2.73. The summed E-state index contributed by atoms with van der Waals surface area (Å²) in [5.74, 6) is 0.250. The number of ether oxygens (including phenoxy) is 2. The molecule has 0 spiro atoms. The van der Waals surface area contributed by atoms with Crippen LogP contribution in [0.15, 0.2) is 30.3 Å². The Labute approximate surface area is 163 Å². The minimum absolute atomic E-state index is 0.164. The van der Waals surface area contributed by atoms with Gasteiger partial charge in [0.25, 0.3) is 0 Å². The van der Waals surface area contributed by atoms with Crippen molar-refractivity contribution >= 4 is 6.29 Å². The van der Waals surface area contributed by atoms with Crippen molar-refractivity contribution in [3.8, 4) is 0 Å². The van der Waals surface area contributed by atoms with Gasteiger partial charge in [-0.15, -0.1) is 0 Å². The zero-order valence-electron chi connectivity index (χ0n) is 16.3. The van der Waals surface area contributed by atoms with E-state index in [2.05, 4.69) is 35.2 Å². The molecule has 3 unspecified atom stereocenters. The van der Waals surface area contributed by atoms with Gasteiger partial charge in [-0.2, -0.15) is 0 Å². The monoisotopic (exact) mass is 371 g/mol. The summed E-state index contributed by atoms with van der Waals surface area (Å²) < 4.78 is 12.7. The number of hydrogen-bond acceptors (Lipinski definition) is 4. The molecule has 1 aromatic carbocycles. The average molecular weight is 372 g/mol. The summed E-state index contributed by atoms with van der Waals surface area (Å²) >= 11 is 0. The van der Waals surface area contributed by atoms with Gasteiger partial charge in [-0.05, 0) is 44.1 Å². The van der Waals surface area contributed by atoms with Gasteiger partial charge in [0.15, 0.2) is 0 Å². The smallest absolute Gasteiger partial charge is 0.123 e. The topological polar surface area (TPSA) is 38.8 Å². The van der Waals surface area contributed by atoms with Crippen LogP contribution in [0.25, 0.3) is 0 Å².